The summed E-state index contributed by atoms with van der Waals surface area (Å²) in [5.74, 6) is 0.643. The van der Waals surface area contributed by atoms with Crippen LogP contribution in [0.25, 0.3) is 0 Å². The van der Waals surface area contributed by atoms with Crippen LogP contribution in [0.5, 0.6) is 0 Å². The summed E-state index contributed by atoms with van der Waals surface area (Å²) in [5, 5.41) is 0. The molecule has 0 aromatic heterocycles. The van der Waals surface area contributed by atoms with Crippen LogP contribution in [0, 0.1) is 5.92 Å². The highest BCUT2D eigenvalue weighted by Crippen LogP contribution is 2.29. The van der Waals surface area contributed by atoms with Crippen LogP contribution in [-0.4, -0.2) is 23.4 Å². The molecule has 0 N–H and O–H groups in total. The molecule has 0 heterocycles. The van der Waals surface area contributed by atoms with Crippen molar-refractivity contribution in [2.75, 3.05) is 6.54 Å². The number of hydrogen-bond donors (Lipinski definition) is 0. The predicted molar refractivity (Wildman–Crippen MR) is 90.0 cm³/mol. The number of amides is 1. The fourth-order valence-electron chi connectivity index (χ4n) is 2.82. The zero-order chi connectivity index (χ0) is 14.7. The second kappa shape index (κ2) is 7.08. The molecule has 0 atom stereocenters. The van der Waals surface area contributed by atoms with Gasteiger partial charge in [0.2, 0.25) is 0 Å². The van der Waals surface area contributed by atoms with E-state index in [9.17, 15) is 4.79 Å². The maximum Gasteiger partial charge on any atom is 0.255 e. The molecule has 20 heavy (non-hydrogen) atoms. The van der Waals surface area contributed by atoms with Gasteiger partial charge in [0.25, 0.3) is 5.91 Å². The Balaban J connectivity index is 2.27. The van der Waals surface area contributed by atoms with Gasteiger partial charge in [-0.1, -0.05) is 42.6 Å². The number of nitrogens with zero attached hydrogens (tertiary/aromatic N) is 1. The number of halogens is 2. The number of benzene rings is 1. The minimum Gasteiger partial charge on any atom is -0.335 e. The molecule has 0 radical (unpaired) electrons. The van der Waals surface area contributed by atoms with E-state index in [-0.39, 0.29) is 5.91 Å². The van der Waals surface area contributed by atoms with Gasteiger partial charge in [0.05, 0.1) is 5.56 Å². The standard InChI is InChI=1S/C16H21Br2NO/c1-11(2)10-19(13-5-3-4-6-13)16(20)14-9-12(17)7-8-15(14)18/h7-9,11,13H,3-6,10H2,1-2H3. The Kier molecular flexibility index (Phi) is 5.67. The Hall–Kier alpha value is -0.350. The van der Waals surface area contributed by atoms with E-state index in [4.69, 9.17) is 0 Å². The molecule has 110 valence electrons. The van der Waals surface area contributed by atoms with Crippen molar-refractivity contribution < 1.29 is 4.79 Å². The topological polar surface area (TPSA) is 20.3 Å². The van der Waals surface area contributed by atoms with Gasteiger partial charge in [-0.2, -0.15) is 0 Å². The van der Waals surface area contributed by atoms with Crippen LogP contribution in [-0.2, 0) is 0 Å². The van der Waals surface area contributed by atoms with Crippen molar-refractivity contribution in [3.05, 3.63) is 32.7 Å². The highest BCUT2D eigenvalue weighted by Gasteiger charge is 2.28. The third kappa shape index (κ3) is 3.85. The summed E-state index contributed by atoms with van der Waals surface area (Å²) >= 11 is 6.96. The predicted octanol–water partition coefficient (Wildman–Crippen LogP) is 5.25. The van der Waals surface area contributed by atoms with Crippen molar-refractivity contribution in [1.82, 2.24) is 4.90 Å². The Labute approximate surface area is 138 Å². The van der Waals surface area contributed by atoms with Crippen LogP contribution in [0.15, 0.2) is 27.1 Å². The number of carbonyl (C=O) groups is 1. The minimum atomic E-state index is 0.152. The van der Waals surface area contributed by atoms with E-state index in [0.29, 0.717) is 12.0 Å². The van der Waals surface area contributed by atoms with E-state index in [0.717, 1.165) is 33.9 Å². The molecule has 1 aromatic rings. The Morgan fingerprint density at radius 2 is 1.95 bits per heavy atom. The van der Waals surface area contributed by atoms with Gasteiger partial charge in [0.15, 0.2) is 0 Å². The lowest BCUT2D eigenvalue weighted by Gasteiger charge is -2.31. The second-order valence-corrected chi connectivity index (χ2v) is 7.68. The van der Waals surface area contributed by atoms with Gasteiger partial charge in [0, 0.05) is 21.5 Å². The van der Waals surface area contributed by atoms with Crippen molar-refractivity contribution in [1.29, 1.82) is 0 Å². The molecule has 0 spiro atoms. The molecule has 1 aliphatic rings. The van der Waals surface area contributed by atoms with Crippen LogP contribution >= 0.6 is 31.9 Å². The lowest BCUT2D eigenvalue weighted by Crippen LogP contribution is -2.41. The van der Waals surface area contributed by atoms with Crippen LogP contribution in [0.2, 0.25) is 0 Å². The molecule has 4 heteroatoms. The van der Waals surface area contributed by atoms with Gasteiger partial charge >= 0.3 is 0 Å². The third-order valence-electron chi connectivity index (χ3n) is 3.75. The number of hydrogen-bond acceptors (Lipinski definition) is 1. The van der Waals surface area contributed by atoms with E-state index in [2.05, 4.69) is 50.6 Å². The van der Waals surface area contributed by atoms with Crippen LogP contribution < -0.4 is 0 Å². The molecule has 2 nitrogen and oxygen atoms in total. The minimum absolute atomic E-state index is 0.152. The normalized spacial score (nSPS) is 15.8. The summed E-state index contributed by atoms with van der Waals surface area (Å²) in [5.41, 5.74) is 0.756. The van der Waals surface area contributed by atoms with Crippen molar-refractivity contribution in [2.45, 2.75) is 45.6 Å². The fraction of sp³-hybridized carbons (Fsp3) is 0.562. The van der Waals surface area contributed by atoms with Crippen LogP contribution in [0.4, 0.5) is 0 Å². The summed E-state index contributed by atoms with van der Waals surface area (Å²) in [6.45, 7) is 5.18. The molecule has 1 saturated carbocycles. The number of carbonyl (C=O) groups excluding carboxylic acids is 1. The zero-order valence-corrected chi connectivity index (χ0v) is 15.2. The Morgan fingerprint density at radius 1 is 1.30 bits per heavy atom. The van der Waals surface area contributed by atoms with Crippen LogP contribution in [0.1, 0.15) is 49.9 Å². The van der Waals surface area contributed by atoms with Gasteiger partial charge in [-0.05, 0) is 52.9 Å². The summed E-state index contributed by atoms with van der Waals surface area (Å²) in [7, 11) is 0. The van der Waals surface area contributed by atoms with Crippen molar-refractivity contribution >= 4 is 37.8 Å². The molecular weight excluding hydrogens is 382 g/mol. The lowest BCUT2D eigenvalue weighted by atomic mass is 10.1. The van der Waals surface area contributed by atoms with Crippen molar-refractivity contribution in [3.63, 3.8) is 0 Å². The van der Waals surface area contributed by atoms with E-state index >= 15 is 0 Å². The van der Waals surface area contributed by atoms with E-state index < -0.39 is 0 Å². The first-order valence-corrected chi connectivity index (χ1v) is 8.83. The molecular formula is C16H21Br2NO. The molecule has 0 bridgehead atoms. The molecule has 1 fully saturated rings. The highest BCUT2D eigenvalue weighted by molar-refractivity contribution is 9.11. The van der Waals surface area contributed by atoms with Gasteiger partial charge in [0.1, 0.15) is 0 Å². The van der Waals surface area contributed by atoms with E-state index in [1.165, 1.54) is 12.8 Å². The Bertz CT molecular complexity index is 481. The molecule has 0 saturated heterocycles. The monoisotopic (exact) mass is 401 g/mol. The summed E-state index contributed by atoms with van der Waals surface area (Å²) in [6, 6.07) is 6.20. The summed E-state index contributed by atoms with van der Waals surface area (Å²) < 4.78 is 1.82. The molecule has 1 aliphatic carbocycles. The SMILES string of the molecule is CC(C)CN(C(=O)c1cc(Br)ccc1Br)C1CCCC1. The molecule has 0 aliphatic heterocycles. The summed E-state index contributed by atoms with van der Waals surface area (Å²) in [4.78, 5) is 15.0. The average molecular weight is 403 g/mol. The largest absolute Gasteiger partial charge is 0.335 e. The lowest BCUT2D eigenvalue weighted by molar-refractivity contribution is 0.0654. The second-order valence-electron chi connectivity index (χ2n) is 5.91. The fourth-order valence-corrected chi connectivity index (χ4v) is 3.60. The van der Waals surface area contributed by atoms with Gasteiger partial charge < -0.3 is 4.90 Å². The maximum absolute atomic E-state index is 12.9. The van der Waals surface area contributed by atoms with E-state index in [1.54, 1.807) is 0 Å². The van der Waals surface area contributed by atoms with Gasteiger partial charge in [-0.25, -0.2) is 0 Å². The van der Waals surface area contributed by atoms with Gasteiger partial charge in [-0.3, -0.25) is 4.79 Å². The van der Waals surface area contributed by atoms with E-state index in [1.807, 2.05) is 18.2 Å². The highest BCUT2D eigenvalue weighted by atomic mass is 79.9. The zero-order valence-electron chi connectivity index (χ0n) is 12.0. The Morgan fingerprint density at radius 3 is 2.55 bits per heavy atom. The molecule has 1 amide bonds. The first-order valence-electron chi connectivity index (χ1n) is 7.25. The quantitative estimate of drug-likeness (QED) is 0.673. The van der Waals surface area contributed by atoms with Gasteiger partial charge in [-0.15, -0.1) is 0 Å². The molecule has 1 aromatic carbocycles. The first-order chi connectivity index (χ1) is 9.49. The third-order valence-corrected chi connectivity index (χ3v) is 4.93. The van der Waals surface area contributed by atoms with Crippen molar-refractivity contribution in [3.8, 4) is 0 Å². The summed E-state index contributed by atoms with van der Waals surface area (Å²) in [6.07, 6.45) is 4.77. The molecule has 2 rings (SSSR count). The number of rotatable bonds is 4. The maximum atomic E-state index is 12.9. The molecule has 0 unspecified atom stereocenters. The average Bonchev–Trinajstić information content (AvgIpc) is 2.91. The van der Waals surface area contributed by atoms with Crippen LogP contribution in [0.3, 0.4) is 0 Å². The van der Waals surface area contributed by atoms with Crippen molar-refractivity contribution in [2.24, 2.45) is 5.92 Å². The first kappa shape index (κ1) is 16.0. The smallest absolute Gasteiger partial charge is 0.255 e.